The first kappa shape index (κ1) is 10.1. The predicted octanol–water partition coefficient (Wildman–Crippen LogP) is 3.01. The van der Waals surface area contributed by atoms with Crippen molar-refractivity contribution in [1.29, 1.82) is 0 Å². The molecule has 1 saturated carbocycles. The molecule has 1 aliphatic rings. The number of halogens is 2. The number of rotatable bonds is 2. The van der Waals surface area contributed by atoms with Crippen molar-refractivity contribution >= 4 is 15.9 Å². The summed E-state index contributed by atoms with van der Waals surface area (Å²) in [6, 6.07) is 4.97. The molecule has 0 atom stereocenters. The Morgan fingerprint density at radius 2 is 2.07 bits per heavy atom. The van der Waals surface area contributed by atoms with Crippen LogP contribution in [0.2, 0.25) is 0 Å². The van der Waals surface area contributed by atoms with Gasteiger partial charge in [0.1, 0.15) is 5.82 Å². The van der Waals surface area contributed by atoms with Crippen molar-refractivity contribution in [2.24, 2.45) is 5.73 Å². The van der Waals surface area contributed by atoms with Crippen molar-refractivity contribution in [3.63, 3.8) is 0 Å². The summed E-state index contributed by atoms with van der Waals surface area (Å²) in [7, 11) is 0. The van der Waals surface area contributed by atoms with Crippen LogP contribution in [0.5, 0.6) is 0 Å². The van der Waals surface area contributed by atoms with E-state index in [2.05, 4.69) is 15.9 Å². The van der Waals surface area contributed by atoms with Gasteiger partial charge in [0.25, 0.3) is 0 Å². The van der Waals surface area contributed by atoms with Crippen molar-refractivity contribution in [2.45, 2.75) is 31.2 Å². The van der Waals surface area contributed by atoms with E-state index in [1.54, 1.807) is 6.07 Å². The van der Waals surface area contributed by atoms with Crippen LogP contribution in [0.1, 0.15) is 24.8 Å². The summed E-state index contributed by atoms with van der Waals surface area (Å²) < 4.78 is 13.8. The van der Waals surface area contributed by atoms with E-state index in [0.717, 1.165) is 29.3 Å². The van der Waals surface area contributed by atoms with Crippen molar-refractivity contribution in [3.05, 3.63) is 34.1 Å². The van der Waals surface area contributed by atoms with Crippen LogP contribution in [0.3, 0.4) is 0 Å². The second-order valence-corrected chi connectivity index (χ2v) is 5.09. The SMILES string of the molecule is NC1(Cc2cc(F)cc(Br)c2)CCC1. The molecule has 0 aliphatic heterocycles. The van der Waals surface area contributed by atoms with Gasteiger partial charge in [0.15, 0.2) is 0 Å². The highest BCUT2D eigenvalue weighted by Gasteiger charge is 2.32. The predicted molar refractivity (Wildman–Crippen MR) is 58.6 cm³/mol. The molecule has 0 radical (unpaired) electrons. The van der Waals surface area contributed by atoms with Crippen molar-refractivity contribution in [1.82, 2.24) is 0 Å². The zero-order valence-corrected chi connectivity index (χ0v) is 9.48. The van der Waals surface area contributed by atoms with Gasteiger partial charge in [-0.05, 0) is 49.4 Å². The van der Waals surface area contributed by atoms with E-state index in [9.17, 15) is 4.39 Å². The molecule has 1 aromatic rings. The Morgan fingerprint density at radius 1 is 1.36 bits per heavy atom. The zero-order chi connectivity index (χ0) is 10.2. The van der Waals surface area contributed by atoms with Gasteiger partial charge in [-0.15, -0.1) is 0 Å². The molecule has 0 saturated heterocycles. The minimum atomic E-state index is -0.197. The van der Waals surface area contributed by atoms with Crippen molar-refractivity contribution in [3.8, 4) is 0 Å². The molecule has 76 valence electrons. The first-order chi connectivity index (χ1) is 6.57. The van der Waals surface area contributed by atoms with E-state index < -0.39 is 0 Å². The standard InChI is InChI=1S/C11H13BrFN/c12-9-4-8(5-10(13)6-9)7-11(14)2-1-3-11/h4-6H,1-3,7,14H2. The molecule has 0 heterocycles. The minimum absolute atomic E-state index is 0.0762. The molecule has 0 unspecified atom stereocenters. The number of benzene rings is 1. The lowest BCUT2D eigenvalue weighted by molar-refractivity contribution is 0.247. The van der Waals surface area contributed by atoms with Gasteiger partial charge in [0.05, 0.1) is 0 Å². The summed E-state index contributed by atoms with van der Waals surface area (Å²) in [5.74, 6) is -0.197. The Labute approximate surface area is 91.6 Å². The summed E-state index contributed by atoms with van der Waals surface area (Å²) >= 11 is 3.28. The Morgan fingerprint density at radius 3 is 2.57 bits per heavy atom. The summed E-state index contributed by atoms with van der Waals surface area (Å²) in [5.41, 5.74) is 7.01. The molecule has 2 rings (SSSR count). The van der Waals surface area contributed by atoms with Gasteiger partial charge in [0.2, 0.25) is 0 Å². The highest BCUT2D eigenvalue weighted by atomic mass is 79.9. The molecular weight excluding hydrogens is 245 g/mol. The molecule has 14 heavy (non-hydrogen) atoms. The third kappa shape index (κ3) is 2.15. The van der Waals surface area contributed by atoms with E-state index in [-0.39, 0.29) is 11.4 Å². The Bertz CT molecular complexity index is 327. The topological polar surface area (TPSA) is 26.0 Å². The summed E-state index contributed by atoms with van der Waals surface area (Å²) in [4.78, 5) is 0. The van der Waals surface area contributed by atoms with Gasteiger partial charge in [0, 0.05) is 10.0 Å². The first-order valence-corrected chi connectivity index (χ1v) is 5.61. The largest absolute Gasteiger partial charge is 0.325 e. The minimum Gasteiger partial charge on any atom is -0.325 e. The maximum absolute atomic E-state index is 13.1. The fraction of sp³-hybridized carbons (Fsp3) is 0.455. The van der Waals surface area contributed by atoms with E-state index in [1.807, 2.05) is 6.07 Å². The van der Waals surface area contributed by atoms with E-state index >= 15 is 0 Å². The van der Waals surface area contributed by atoms with Crippen LogP contribution in [0.15, 0.2) is 22.7 Å². The first-order valence-electron chi connectivity index (χ1n) is 4.81. The van der Waals surface area contributed by atoms with Gasteiger partial charge in [-0.3, -0.25) is 0 Å². The quantitative estimate of drug-likeness (QED) is 0.866. The maximum atomic E-state index is 13.1. The van der Waals surface area contributed by atoms with Crippen LogP contribution in [0.25, 0.3) is 0 Å². The lowest BCUT2D eigenvalue weighted by Crippen LogP contribution is -2.48. The molecule has 0 bridgehead atoms. The Kier molecular flexibility index (Phi) is 2.62. The lowest BCUT2D eigenvalue weighted by Gasteiger charge is -2.38. The summed E-state index contributed by atoms with van der Waals surface area (Å²) in [5, 5.41) is 0. The molecule has 1 nitrogen and oxygen atoms in total. The molecule has 0 spiro atoms. The van der Waals surface area contributed by atoms with Crippen LogP contribution >= 0.6 is 15.9 Å². The molecule has 1 fully saturated rings. The molecule has 0 amide bonds. The molecule has 1 aliphatic carbocycles. The van der Waals surface area contributed by atoms with Crippen LogP contribution in [-0.4, -0.2) is 5.54 Å². The monoisotopic (exact) mass is 257 g/mol. The van der Waals surface area contributed by atoms with Gasteiger partial charge in [-0.25, -0.2) is 4.39 Å². The number of hydrogen-bond donors (Lipinski definition) is 1. The third-order valence-electron chi connectivity index (χ3n) is 2.83. The molecular formula is C11H13BrFN. The van der Waals surface area contributed by atoms with Crippen LogP contribution < -0.4 is 5.73 Å². The summed E-state index contributed by atoms with van der Waals surface area (Å²) in [6.07, 6.45) is 4.10. The van der Waals surface area contributed by atoms with Crippen molar-refractivity contribution in [2.75, 3.05) is 0 Å². The van der Waals surface area contributed by atoms with Crippen LogP contribution in [-0.2, 0) is 6.42 Å². The number of hydrogen-bond acceptors (Lipinski definition) is 1. The average molecular weight is 258 g/mol. The normalized spacial score (nSPS) is 19.1. The van der Waals surface area contributed by atoms with Gasteiger partial charge in [-0.1, -0.05) is 15.9 Å². The molecule has 0 aromatic heterocycles. The third-order valence-corrected chi connectivity index (χ3v) is 3.29. The van der Waals surface area contributed by atoms with Gasteiger partial charge in [-0.2, -0.15) is 0 Å². The van der Waals surface area contributed by atoms with Crippen LogP contribution in [0.4, 0.5) is 4.39 Å². The second kappa shape index (κ2) is 3.63. The Balaban J connectivity index is 2.16. The highest BCUT2D eigenvalue weighted by Crippen LogP contribution is 2.33. The fourth-order valence-electron chi connectivity index (χ4n) is 1.93. The maximum Gasteiger partial charge on any atom is 0.124 e. The average Bonchev–Trinajstić information content (AvgIpc) is 1.99. The fourth-order valence-corrected chi connectivity index (χ4v) is 2.44. The van der Waals surface area contributed by atoms with Crippen LogP contribution in [0, 0.1) is 5.82 Å². The molecule has 1 aromatic carbocycles. The number of nitrogens with two attached hydrogens (primary N) is 1. The molecule has 2 N–H and O–H groups in total. The lowest BCUT2D eigenvalue weighted by atomic mass is 9.74. The highest BCUT2D eigenvalue weighted by molar-refractivity contribution is 9.10. The zero-order valence-electron chi connectivity index (χ0n) is 7.89. The van der Waals surface area contributed by atoms with Crippen molar-refractivity contribution < 1.29 is 4.39 Å². The molecule has 3 heteroatoms. The van der Waals surface area contributed by atoms with E-state index in [0.29, 0.717) is 0 Å². The van der Waals surface area contributed by atoms with Gasteiger partial charge >= 0.3 is 0 Å². The van der Waals surface area contributed by atoms with E-state index in [1.165, 1.54) is 12.5 Å². The smallest absolute Gasteiger partial charge is 0.124 e. The van der Waals surface area contributed by atoms with Gasteiger partial charge < -0.3 is 5.73 Å². The second-order valence-electron chi connectivity index (χ2n) is 4.17. The summed E-state index contributed by atoms with van der Waals surface area (Å²) in [6.45, 7) is 0. The van der Waals surface area contributed by atoms with E-state index in [4.69, 9.17) is 5.73 Å². The Hall–Kier alpha value is -0.410.